The molecule has 4 aliphatic rings. The number of hydrogen-bond acceptors (Lipinski definition) is 6. The predicted octanol–water partition coefficient (Wildman–Crippen LogP) is 6.16. The van der Waals surface area contributed by atoms with Crippen LogP contribution >= 0.6 is 11.3 Å². The Morgan fingerprint density at radius 3 is 2.82 bits per heavy atom. The monoisotopic (exact) mass is 484 g/mol. The van der Waals surface area contributed by atoms with Crippen molar-refractivity contribution in [3.8, 4) is 0 Å². The van der Waals surface area contributed by atoms with E-state index in [1.54, 1.807) is 11.3 Å². The second kappa shape index (κ2) is 9.03. The van der Waals surface area contributed by atoms with Crippen LogP contribution in [0.1, 0.15) is 76.9 Å². The van der Waals surface area contributed by atoms with Crippen molar-refractivity contribution in [2.45, 2.75) is 84.2 Å². The van der Waals surface area contributed by atoms with Crippen molar-refractivity contribution in [3.05, 3.63) is 46.2 Å². The van der Waals surface area contributed by atoms with Crippen molar-refractivity contribution >= 4 is 23.1 Å². The summed E-state index contributed by atoms with van der Waals surface area (Å²) in [6.45, 7) is 11.4. The molecule has 34 heavy (non-hydrogen) atoms. The second-order valence-corrected chi connectivity index (χ2v) is 12.1. The van der Waals surface area contributed by atoms with Crippen LogP contribution in [0, 0.1) is 22.7 Å². The normalized spacial score (nSPS) is 41.3. The third-order valence-electron chi connectivity index (χ3n) is 9.11. The Kier molecular flexibility index (Phi) is 6.36. The van der Waals surface area contributed by atoms with Gasteiger partial charge < -0.3 is 14.2 Å². The first-order valence-electron chi connectivity index (χ1n) is 12.6. The zero-order chi connectivity index (χ0) is 24.1. The minimum Gasteiger partial charge on any atom is -0.458 e. The summed E-state index contributed by atoms with van der Waals surface area (Å²) in [5.41, 5.74) is 1.98. The minimum absolute atomic E-state index is 0.0453. The van der Waals surface area contributed by atoms with Gasteiger partial charge in [-0.05, 0) is 67.2 Å². The largest absolute Gasteiger partial charge is 0.458 e. The number of esters is 1. The first-order chi connectivity index (χ1) is 16.2. The number of carbonyl (C=O) groups excluding carboxylic acids is 2. The summed E-state index contributed by atoms with van der Waals surface area (Å²) >= 11 is 1.69. The highest BCUT2D eigenvalue weighted by atomic mass is 32.1. The predicted molar refractivity (Wildman–Crippen MR) is 131 cm³/mol. The summed E-state index contributed by atoms with van der Waals surface area (Å²) in [6.07, 6.45) is 7.57. The van der Waals surface area contributed by atoms with Crippen LogP contribution < -0.4 is 0 Å². The van der Waals surface area contributed by atoms with Gasteiger partial charge in [0.2, 0.25) is 0 Å². The lowest BCUT2D eigenvalue weighted by Gasteiger charge is -2.62. The zero-order valence-electron chi connectivity index (χ0n) is 20.5. The van der Waals surface area contributed by atoms with Crippen molar-refractivity contribution in [1.82, 2.24) is 0 Å². The number of fused-ring (bicyclic) bond motifs is 3. The molecule has 0 radical (unpaired) electrons. The molecule has 0 bridgehead atoms. The summed E-state index contributed by atoms with van der Waals surface area (Å²) in [5, 5.41) is 2.07. The Labute approximate surface area is 206 Å². The molecular formula is C28H36O5S. The Bertz CT molecular complexity index is 996. The van der Waals surface area contributed by atoms with Gasteiger partial charge in [-0.25, -0.2) is 0 Å². The topological polar surface area (TPSA) is 61.8 Å². The molecule has 1 aromatic rings. The Morgan fingerprint density at radius 1 is 1.26 bits per heavy atom. The molecular weight excluding hydrogens is 448 g/mol. The van der Waals surface area contributed by atoms with E-state index in [0.717, 1.165) is 37.0 Å². The van der Waals surface area contributed by atoms with Crippen LogP contribution in [0.3, 0.4) is 0 Å². The molecule has 3 saturated carbocycles. The highest BCUT2D eigenvalue weighted by Gasteiger charge is 2.60. The fraction of sp³-hybridized carbons (Fsp3) is 0.643. The molecule has 7 unspecified atom stereocenters. The van der Waals surface area contributed by atoms with E-state index in [2.05, 4.69) is 37.9 Å². The van der Waals surface area contributed by atoms with E-state index in [-0.39, 0.29) is 40.9 Å². The quantitative estimate of drug-likeness (QED) is 0.291. The Balaban J connectivity index is 1.37. The van der Waals surface area contributed by atoms with Gasteiger partial charge in [0.15, 0.2) is 12.1 Å². The van der Waals surface area contributed by atoms with Crippen LogP contribution in [-0.4, -0.2) is 30.6 Å². The third-order valence-corrected chi connectivity index (χ3v) is 10.0. The van der Waals surface area contributed by atoms with Gasteiger partial charge in [0.25, 0.3) is 0 Å². The second-order valence-electron chi connectivity index (χ2n) is 11.1. The van der Waals surface area contributed by atoms with Gasteiger partial charge in [-0.3, -0.25) is 9.59 Å². The molecule has 3 aliphatic carbocycles. The van der Waals surface area contributed by atoms with Gasteiger partial charge in [-0.2, -0.15) is 0 Å². The van der Waals surface area contributed by atoms with E-state index >= 15 is 0 Å². The van der Waals surface area contributed by atoms with Gasteiger partial charge in [0, 0.05) is 24.3 Å². The summed E-state index contributed by atoms with van der Waals surface area (Å²) in [4.78, 5) is 25.2. The van der Waals surface area contributed by atoms with Gasteiger partial charge in [0.1, 0.15) is 6.10 Å². The van der Waals surface area contributed by atoms with E-state index in [1.807, 2.05) is 6.07 Å². The van der Waals surface area contributed by atoms with Gasteiger partial charge in [-0.1, -0.05) is 38.1 Å². The van der Waals surface area contributed by atoms with Crippen molar-refractivity contribution in [1.29, 1.82) is 0 Å². The average molecular weight is 485 g/mol. The molecule has 1 aliphatic heterocycles. The van der Waals surface area contributed by atoms with Crippen molar-refractivity contribution < 1.29 is 23.8 Å². The minimum atomic E-state index is -0.395. The van der Waals surface area contributed by atoms with Crippen molar-refractivity contribution in [2.75, 3.05) is 6.61 Å². The maximum Gasteiger partial charge on any atom is 0.303 e. The maximum atomic E-state index is 12.5. The number of ether oxygens (including phenoxy) is 3. The summed E-state index contributed by atoms with van der Waals surface area (Å²) in [5.74, 6) is 0.529. The fourth-order valence-corrected chi connectivity index (χ4v) is 8.10. The maximum absolute atomic E-state index is 12.5. The van der Waals surface area contributed by atoms with Crippen molar-refractivity contribution in [2.24, 2.45) is 22.7 Å². The molecule has 0 spiro atoms. The number of carbonyl (C=O) groups is 2. The van der Waals surface area contributed by atoms with Crippen LogP contribution in [0.25, 0.3) is 0 Å². The van der Waals surface area contributed by atoms with Gasteiger partial charge in [0.05, 0.1) is 17.6 Å². The number of ketones is 1. The molecule has 7 atom stereocenters. The molecule has 1 aromatic heterocycles. The highest BCUT2D eigenvalue weighted by Crippen LogP contribution is 2.64. The third kappa shape index (κ3) is 4.02. The smallest absolute Gasteiger partial charge is 0.303 e. The lowest BCUT2D eigenvalue weighted by Crippen LogP contribution is -2.60. The van der Waals surface area contributed by atoms with Crippen LogP contribution in [-0.2, 0) is 23.8 Å². The number of Topliss-reactive ketones (excluding diaryl/α,β-unsaturated/α-hetero) is 1. The Hall–Kier alpha value is -1.76. The van der Waals surface area contributed by atoms with E-state index in [4.69, 9.17) is 14.2 Å². The van der Waals surface area contributed by atoms with Crippen LogP contribution in [0.5, 0.6) is 0 Å². The lowest BCUT2D eigenvalue weighted by molar-refractivity contribution is -0.306. The standard InChI is InChI=1S/C28H36O5S/c1-17-7-12-24-27(3,20(17)9-8-19-21(30)10-11-22(19)32-18(2)29)14-13-25-28(24,4)16-31-26(33-25)23-6-5-15-34-23/h5-6,8,15,20,22,24-26H,1,7,9-14,16H2,2-4H3/b19-8-. The average Bonchev–Trinajstić information content (AvgIpc) is 3.43. The SMILES string of the molecule is C=C1CCC2C3(C)COC(c4cccs4)OC3CCC2(C)C1C/C=C1/C(=O)CCC1OC(C)=O. The van der Waals surface area contributed by atoms with E-state index in [9.17, 15) is 9.59 Å². The highest BCUT2D eigenvalue weighted by molar-refractivity contribution is 7.10. The van der Waals surface area contributed by atoms with Gasteiger partial charge >= 0.3 is 5.97 Å². The first kappa shape index (κ1) is 24.0. The molecule has 2 heterocycles. The number of hydrogen-bond donors (Lipinski definition) is 0. The van der Waals surface area contributed by atoms with E-state index < -0.39 is 6.10 Å². The number of allylic oxidation sites excluding steroid dienone is 2. The van der Waals surface area contributed by atoms with E-state index in [0.29, 0.717) is 30.9 Å². The molecule has 5 nitrogen and oxygen atoms in total. The number of thiophene rings is 1. The van der Waals surface area contributed by atoms with Crippen LogP contribution in [0.4, 0.5) is 0 Å². The molecule has 0 amide bonds. The number of rotatable bonds is 4. The zero-order valence-corrected chi connectivity index (χ0v) is 21.3. The summed E-state index contributed by atoms with van der Waals surface area (Å²) in [6, 6.07) is 4.14. The molecule has 0 N–H and O–H groups in total. The molecule has 4 fully saturated rings. The molecule has 0 aromatic carbocycles. The summed E-state index contributed by atoms with van der Waals surface area (Å²) in [7, 11) is 0. The molecule has 5 rings (SSSR count). The van der Waals surface area contributed by atoms with Crippen molar-refractivity contribution in [3.63, 3.8) is 0 Å². The van der Waals surface area contributed by atoms with Crippen LogP contribution in [0.2, 0.25) is 0 Å². The molecule has 1 saturated heterocycles. The fourth-order valence-electron chi connectivity index (χ4n) is 7.40. The molecule has 6 heteroatoms. The van der Waals surface area contributed by atoms with Crippen LogP contribution in [0.15, 0.2) is 41.3 Å². The first-order valence-corrected chi connectivity index (χ1v) is 13.5. The van der Waals surface area contributed by atoms with E-state index in [1.165, 1.54) is 12.5 Å². The van der Waals surface area contributed by atoms with Gasteiger partial charge in [-0.15, -0.1) is 11.3 Å². The summed E-state index contributed by atoms with van der Waals surface area (Å²) < 4.78 is 18.3. The lowest BCUT2D eigenvalue weighted by atomic mass is 9.46. The Morgan fingerprint density at radius 2 is 2.09 bits per heavy atom. The molecule has 184 valence electrons.